The molecule has 0 unspecified atom stereocenters. The Morgan fingerprint density at radius 2 is 1.06 bits per heavy atom. The molecule has 256 valence electrons. The first-order chi connectivity index (χ1) is 26.8. The molecule has 10 rings (SSSR count). The van der Waals surface area contributed by atoms with Gasteiger partial charge in [-0.1, -0.05) is 146 Å². The summed E-state index contributed by atoms with van der Waals surface area (Å²) in [6, 6.07) is 52.1. The van der Waals surface area contributed by atoms with Gasteiger partial charge in [-0.05, 0) is 115 Å². The Morgan fingerprint density at radius 3 is 1.76 bits per heavy atom. The first-order valence-corrected chi connectivity index (χ1v) is 18.9. The number of hydrogen-bond donors (Lipinski definition) is 0. The molecule has 0 spiro atoms. The van der Waals surface area contributed by atoms with E-state index in [9.17, 15) is 0 Å². The molecule has 0 fully saturated rings. The van der Waals surface area contributed by atoms with Gasteiger partial charge in [0.25, 0.3) is 0 Å². The van der Waals surface area contributed by atoms with E-state index in [0.29, 0.717) is 0 Å². The maximum Gasteiger partial charge on any atom is 0.156 e. The van der Waals surface area contributed by atoms with Gasteiger partial charge in [-0.15, -0.1) is 0 Å². The normalized spacial score (nSPS) is 14.0. The molecule has 0 radical (unpaired) electrons. The Balaban J connectivity index is 1.14. The van der Waals surface area contributed by atoms with E-state index in [1.807, 2.05) is 18.3 Å². The van der Waals surface area contributed by atoms with E-state index in [4.69, 9.17) is 9.97 Å². The van der Waals surface area contributed by atoms with Gasteiger partial charge in [0.05, 0.1) is 11.4 Å². The number of pyridine rings is 1. The van der Waals surface area contributed by atoms with Crippen molar-refractivity contribution in [3.63, 3.8) is 0 Å². The first-order valence-electron chi connectivity index (χ1n) is 18.9. The van der Waals surface area contributed by atoms with E-state index in [2.05, 4.69) is 157 Å². The van der Waals surface area contributed by atoms with Crippen LogP contribution >= 0.6 is 0 Å². The largest absolute Gasteiger partial charge is 0.264 e. The molecule has 0 aliphatic heterocycles. The smallest absolute Gasteiger partial charge is 0.156 e. The molecule has 2 aromatic heterocycles. The fraction of sp³-hybridized carbons (Fsp3) is 0.0784. The maximum atomic E-state index is 5.28. The summed E-state index contributed by atoms with van der Waals surface area (Å²) in [5.41, 5.74) is 12.7. The van der Waals surface area contributed by atoms with Crippen molar-refractivity contribution < 1.29 is 0 Å². The average Bonchev–Trinajstić information content (AvgIpc) is 3.26. The number of hydrogen-bond acceptors (Lipinski definition) is 3. The van der Waals surface area contributed by atoms with Gasteiger partial charge in [0.15, 0.2) is 5.82 Å². The molecule has 2 heterocycles. The summed E-state index contributed by atoms with van der Waals surface area (Å²) < 4.78 is 0. The second-order valence-electron chi connectivity index (χ2n) is 14.2. The van der Waals surface area contributed by atoms with Gasteiger partial charge in [0.2, 0.25) is 0 Å². The van der Waals surface area contributed by atoms with Crippen LogP contribution in [0.1, 0.15) is 42.6 Å². The molecule has 6 aromatic carbocycles. The molecule has 8 aromatic rings. The Hall–Kier alpha value is -6.71. The fourth-order valence-corrected chi connectivity index (χ4v) is 8.40. The van der Waals surface area contributed by atoms with Gasteiger partial charge in [0.1, 0.15) is 0 Å². The lowest BCUT2D eigenvalue weighted by Crippen LogP contribution is -2.29. The van der Waals surface area contributed by atoms with Crippen LogP contribution in [0.2, 0.25) is 0 Å². The molecule has 0 saturated carbocycles. The summed E-state index contributed by atoms with van der Waals surface area (Å²) >= 11 is 0. The van der Waals surface area contributed by atoms with Crippen LogP contribution in [0.5, 0.6) is 0 Å². The Morgan fingerprint density at radius 1 is 0.463 bits per heavy atom. The third kappa shape index (κ3) is 5.75. The van der Waals surface area contributed by atoms with Gasteiger partial charge in [-0.25, -0.2) is 9.97 Å². The standard InChI is InChI=1S/C51H37N3/c1-2-14-36(15-3-1)47-32-48(37-28-26-34(27-29-37)40-19-12-30-52-33-40)54-51(53-47)39-18-10-17-38(31-39)49-43-21-6-8-23-45(43)50(46-24-9-7-22-44(46)49)42-25-11-16-35-13-4-5-20-41(35)42/h1-9,12-17,19-24,26-33H,10-11,18,25H2. The van der Waals surface area contributed by atoms with Crippen molar-refractivity contribution in [1.82, 2.24) is 15.0 Å². The highest BCUT2D eigenvalue weighted by atomic mass is 14.9. The summed E-state index contributed by atoms with van der Waals surface area (Å²) in [4.78, 5) is 14.8. The summed E-state index contributed by atoms with van der Waals surface area (Å²) in [6.45, 7) is 0. The molecule has 0 bridgehead atoms. The number of rotatable bonds is 6. The molecule has 2 aliphatic carbocycles. The SMILES string of the molecule is C1=C(c2nc(-c3ccccc3)cc(-c3ccc(-c4cccnc4)cc3)n2)CCC=C1c1c2ccccc2c(C2=c3ccccc3=CCC2)c2ccccc12. The highest BCUT2D eigenvalue weighted by molar-refractivity contribution is 6.17. The summed E-state index contributed by atoms with van der Waals surface area (Å²) in [7, 11) is 0. The van der Waals surface area contributed by atoms with Crippen molar-refractivity contribution in [1.29, 1.82) is 0 Å². The zero-order chi connectivity index (χ0) is 35.8. The van der Waals surface area contributed by atoms with E-state index in [-0.39, 0.29) is 0 Å². The first kappa shape index (κ1) is 32.0. The van der Waals surface area contributed by atoms with Gasteiger partial charge in [0, 0.05) is 23.5 Å². The van der Waals surface area contributed by atoms with Crippen LogP contribution in [0.3, 0.4) is 0 Å². The van der Waals surface area contributed by atoms with E-state index < -0.39 is 0 Å². The van der Waals surface area contributed by atoms with E-state index in [1.165, 1.54) is 54.3 Å². The van der Waals surface area contributed by atoms with Gasteiger partial charge in [-0.2, -0.15) is 0 Å². The van der Waals surface area contributed by atoms with Crippen LogP contribution in [0.4, 0.5) is 0 Å². The lowest BCUT2D eigenvalue weighted by atomic mass is 9.81. The van der Waals surface area contributed by atoms with Gasteiger partial charge < -0.3 is 0 Å². The number of nitrogens with zero attached hydrogens (tertiary/aromatic N) is 3. The van der Waals surface area contributed by atoms with Crippen molar-refractivity contribution >= 4 is 44.3 Å². The van der Waals surface area contributed by atoms with Crippen LogP contribution in [0.25, 0.3) is 78.0 Å². The summed E-state index contributed by atoms with van der Waals surface area (Å²) in [6.07, 6.45) is 14.7. The minimum atomic E-state index is 0.782. The lowest BCUT2D eigenvalue weighted by molar-refractivity contribution is 1.01. The second-order valence-corrected chi connectivity index (χ2v) is 14.2. The van der Waals surface area contributed by atoms with E-state index >= 15 is 0 Å². The molecule has 3 nitrogen and oxygen atoms in total. The predicted octanol–water partition coefficient (Wildman–Crippen LogP) is 11.2. The quantitative estimate of drug-likeness (QED) is 0.163. The third-order valence-corrected chi connectivity index (χ3v) is 10.9. The van der Waals surface area contributed by atoms with Crippen LogP contribution in [-0.4, -0.2) is 15.0 Å². The average molecular weight is 692 g/mol. The number of benzene rings is 6. The highest BCUT2D eigenvalue weighted by Gasteiger charge is 2.22. The number of aromatic nitrogens is 3. The zero-order valence-electron chi connectivity index (χ0n) is 29.9. The molecule has 0 atom stereocenters. The molecule has 0 N–H and O–H groups in total. The maximum absolute atomic E-state index is 5.28. The molecular weight excluding hydrogens is 655 g/mol. The fourth-order valence-electron chi connectivity index (χ4n) is 8.40. The van der Waals surface area contributed by atoms with Crippen LogP contribution < -0.4 is 10.4 Å². The Bertz CT molecular complexity index is 2850. The van der Waals surface area contributed by atoms with Crippen molar-refractivity contribution in [2.75, 3.05) is 0 Å². The predicted molar refractivity (Wildman–Crippen MR) is 225 cm³/mol. The third-order valence-electron chi connectivity index (χ3n) is 10.9. The van der Waals surface area contributed by atoms with Crippen molar-refractivity contribution in [3.8, 4) is 33.6 Å². The topological polar surface area (TPSA) is 38.7 Å². The van der Waals surface area contributed by atoms with Crippen molar-refractivity contribution in [2.45, 2.75) is 25.7 Å². The minimum Gasteiger partial charge on any atom is -0.264 e. The molecule has 54 heavy (non-hydrogen) atoms. The molecule has 2 aliphatic rings. The van der Waals surface area contributed by atoms with Gasteiger partial charge in [-0.3, -0.25) is 4.98 Å². The second kappa shape index (κ2) is 13.7. The van der Waals surface area contributed by atoms with Crippen molar-refractivity contribution in [3.05, 3.63) is 198 Å². The summed E-state index contributed by atoms with van der Waals surface area (Å²) in [5.74, 6) is 0.782. The number of fused-ring (bicyclic) bond motifs is 3. The monoisotopic (exact) mass is 691 g/mol. The lowest BCUT2D eigenvalue weighted by Gasteiger charge is -2.22. The molecule has 3 heteroatoms. The van der Waals surface area contributed by atoms with E-state index in [1.54, 1.807) is 6.20 Å². The van der Waals surface area contributed by atoms with Gasteiger partial charge >= 0.3 is 0 Å². The Labute approximate surface area is 315 Å². The molecule has 0 amide bonds. The van der Waals surface area contributed by atoms with Crippen LogP contribution in [-0.2, 0) is 0 Å². The highest BCUT2D eigenvalue weighted by Crippen LogP contribution is 2.43. The van der Waals surface area contributed by atoms with Crippen molar-refractivity contribution in [2.24, 2.45) is 0 Å². The zero-order valence-corrected chi connectivity index (χ0v) is 29.9. The van der Waals surface area contributed by atoms with Crippen LogP contribution in [0, 0.1) is 0 Å². The summed E-state index contributed by atoms with van der Waals surface area (Å²) in [5, 5.41) is 7.85. The van der Waals surface area contributed by atoms with Crippen LogP contribution in [0.15, 0.2) is 170 Å². The molecular formula is C51H37N3. The molecule has 0 saturated heterocycles. The minimum absolute atomic E-state index is 0.782. The van der Waals surface area contributed by atoms with E-state index in [0.717, 1.165) is 70.7 Å². The number of allylic oxidation sites excluding steroid dienone is 4. The Kier molecular flexibility index (Phi) is 8.11.